The summed E-state index contributed by atoms with van der Waals surface area (Å²) >= 11 is 0. The fourth-order valence-electron chi connectivity index (χ4n) is 1.18. The second kappa shape index (κ2) is 4.83. The van der Waals surface area contributed by atoms with Crippen LogP contribution in [0.4, 0.5) is 14.5 Å². The maximum Gasteiger partial charge on any atom is 0.231 e. The van der Waals surface area contributed by atoms with E-state index in [0.29, 0.717) is 0 Å². The van der Waals surface area contributed by atoms with Crippen LogP contribution in [0.15, 0.2) is 12.1 Å². The molecule has 0 aliphatic rings. The van der Waals surface area contributed by atoms with Crippen LogP contribution >= 0.6 is 0 Å². The summed E-state index contributed by atoms with van der Waals surface area (Å²) in [5.74, 6) is -2.78. The van der Waals surface area contributed by atoms with Crippen molar-refractivity contribution >= 4 is 17.4 Å². The molecule has 0 fully saturated rings. The molecule has 1 aromatic rings. The van der Waals surface area contributed by atoms with E-state index in [1.165, 1.54) is 19.9 Å². The number of Topliss-reactive ketones (excluding diaryl/α,β-unsaturated/α-hetero) is 1. The molecule has 86 valence electrons. The fourth-order valence-corrected chi connectivity index (χ4v) is 1.18. The van der Waals surface area contributed by atoms with E-state index in [4.69, 9.17) is 0 Å². The number of hydrogen-bond acceptors (Lipinski definition) is 2. The lowest BCUT2D eigenvalue weighted by molar-refractivity contribution is -0.124. The van der Waals surface area contributed by atoms with Crippen LogP contribution in [-0.4, -0.2) is 11.7 Å². The van der Waals surface area contributed by atoms with Gasteiger partial charge in [-0.3, -0.25) is 9.59 Å². The third-order valence-corrected chi connectivity index (χ3v) is 1.96. The quantitative estimate of drug-likeness (QED) is 0.804. The summed E-state index contributed by atoms with van der Waals surface area (Å²) in [5.41, 5.74) is -0.286. The Hall–Kier alpha value is -1.78. The Morgan fingerprint density at radius 2 is 1.94 bits per heavy atom. The van der Waals surface area contributed by atoms with Gasteiger partial charge >= 0.3 is 0 Å². The van der Waals surface area contributed by atoms with E-state index < -0.39 is 29.6 Å². The molecule has 1 amide bonds. The lowest BCUT2D eigenvalue weighted by atomic mass is 10.2. The summed E-state index contributed by atoms with van der Waals surface area (Å²) in [5, 5.41) is 2.04. The van der Waals surface area contributed by atoms with E-state index in [0.717, 1.165) is 6.07 Å². The molecule has 1 aromatic carbocycles. The molecule has 3 nitrogen and oxygen atoms in total. The van der Waals surface area contributed by atoms with Gasteiger partial charge in [0.2, 0.25) is 5.91 Å². The van der Waals surface area contributed by atoms with Crippen LogP contribution < -0.4 is 5.32 Å². The molecular weight excluding hydrogens is 216 g/mol. The first-order valence-corrected chi connectivity index (χ1v) is 4.65. The number of carbonyl (C=O) groups is 2. The summed E-state index contributed by atoms with van der Waals surface area (Å²) in [6.07, 6.45) is -0.396. The van der Waals surface area contributed by atoms with Crippen LogP contribution in [-0.2, 0) is 9.59 Å². The topological polar surface area (TPSA) is 46.2 Å². The number of halogens is 2. The summed E-state index contributed by atoms with van der Waals surface area (Å²) in [7, 11) is 0. The normalized spacial score (nSPS) is 10.0. The van der Waals surface area contributed by atoms with Gasteiger partial charge in [0.05, 0.1) is 6.42 Å². The second-order valence-electron chi connectivity index (χ2n) is 3.48. The first-order valence-electron chi connectivity index (χ1n) is 4.65. The van der Waals surface area contributed by atoms with Gasteiger partial charge in [-0.05, 0) is 25.5 Å². The number of amides is 1. The standard InChI is InChI=1S/C11H11F2NO2/c1-6-3-4-8(12)11(10(6)13)14-9(16)5-7(2)15/h3-4H,5H2,1-2H3,(H,14,16). The van der Waals surface area contributed by atoms with Crippen LogP contribution in [0.5, 0.6) is 0 Å². The monoisotopic (exact) mass is 227 g/mol. The van der Waals surface area contributed by atoms with Crippen molar-refractivity contribution in [2.45, 2.75) is 20.3 Å². The number of benzene rings is 1. The summed E-state index contributed by atoms with van der Waals surface area (Å²) in [4.78, 5) is 21.8. The van der Waals surface area contributed by atoms with Crippen LogP contribution in [0.25, 0.3) is 0 Å². The Bertz CT molecular complexity index is 444. The fraction of sp³-hybridized carbons (Fsp3) is 0.273. The third kappa shape index (κ3) is 2.85. The SMILES string of the molecule is CC(=O)CC(=O)Nc1c(F)ccc(C)c1F. The van der Waals surface area contributed by atoms with Crippen LogP contribution in [0.3, 0.4) is 0 Å². The Kier molecular flexibility index (Phi) is 3.71. The molecule has 0 unspecified atom stereocenters. The number of rotatable bonds is 3. The van der Waals surface area contributed by atoms with Crippen molar-refractivity contribution < 1.29 is 18.4 Å². The highest BCUT2D eigenvalue weighted by Gasteiger charge is 2.14. The predicted molar refractivity (Wildman–Crippen MR) is 55.0 cm³/mol. The average Bonchev–Trinajstić information content (AvgIpc) is 2.17. The van der Waals surface area contributed by atoms with Gasteiger partial charge in [-0.15, -0.1) is 0 Å². The molecular formula is C11H11F2NO2. The smallest absolute Gasteiger partial charge is 0.231 e. The molecule has 0 aliphatic carbocycles. The van der Waals surface area contributed by atoms with Gasteiger partial charge in [0.25, 0.3) is 0 Å². The number of aryl methyl sites for hydroxylation is 1. The summed E-state index contributed by atoms with van der Waals surface area (Å²) in [6, 6.07) is 2.33. The molecule has 16 heavy (non-hydrogen) atoms. The Labute approximate surface area is 91.5 Å². The van der Waals surface area contributed by atoms with E-state index >= 15 is 0 Å². The van der Waals surface area contributed by atoms with Gasteiger partial charge < -0.3 is 5.32 Å². The highest BCUT2D eigenvalue weighted by molar-refractivity contribution is 6.03. The minimum absolute atomic E-state index is 0.222. The molecule has 0 atom stereocenters. The first kappa shape index (κ1) is 12.3. The van der Waals surface area contributed by atoms with Gasteiger partial charge in [0, 0.05) is 0 Å². The number of hydrogen-bond donors (Lipinski definition) is 1. The van der Waals surface area contributed by atoms with Gasteiger partial charge in [0.15, 0.2) is 5.82 Å². The largest absolute Gasteiger partial charge is 0.321 e. The Morgan fingerprint density at radius 3 is 2.50 bits per heavy atom. The highest BCUT2D eigenvalue weighted by atomic mass is 19.1. The van der Waals surface area contributed by atoms with Crippen LogP contribution in [0.1, 0.15) is 18.9 Å². The lowest BCUT2D eigenvalue weighted by Gasteiger charge is -2.08. The van der Waals surface area contributed by atoms with Gasteiger partial charge in [0.1, 0.15) is 17.3 Å². The third-order valence-electron chi connectivity index (χ3n) is 1.96. The van der Waals surface area contributed by atoms with Crippen molar-refractivity contribution in [1.29, 1.82) is 0 Å². The van der Waals surface area contributed by atoms with E-state index in [1.54, 1.807) is 0 Å². The second-order valence-corrected chi connectivity index (χ2v) is 3.48. The maximum atomic E-state index is 13.4. The molecule has 0 aliphatic heterocycles. The molecule has 1 rings (SSSR count). The minimum Gasteiger partial charge on any atom is -0.321 e. The summed E-state index contributed by atoms with van der Waals surface area (Å²) < 4.78 is 26.6. The van der Waals surface area contributed by atoms with Crippen molar-refractivity contribution in [2.75, 3.05) is 5.32 Å². The predicted octanol–water partition coefficient (Wildman–Crippen LogP) is 2.19. The van der Waals surface area contributed by atoms with E-state index in [-0.39, 0.29) is 11.3 Å². The van der Waals surface area contributed by atoms with Crippen molar-refractivity contribution in [3.8, 4) is 0 Å². The molecule has 0 radical (unpaired) electrons. The zero-order chi connectivity index (χ0) is 12.3. The molecule has 1 N–H and O–H groups in total. The molecule has 5 heteroatoms. The van der Waals surface area contributed by atoms with Crippen molar-refractivity contribution in [2.24, 2.45) is 0 Å². The van der Waals surface area contributed by atoms with Gasteiger partial charge in [-0.2, -0.15) is 0 Å². The molecule has 0 spiro atoms. The molecule has 0 saturated heterocycles. The average molecular weight is 227 g/mol. The molecule has 0 saturated carbocycles. The first-order chi connectivity index (χ1) is 7.41. The van der Waals surface area contributed by atoms with Crippen molar-refractivity contribution in [1.82, 2.24) is 0 Å². The number of anilines is 1. The van der Waals surface area contributed by atoms with Gasteiger partial charge in [-0.25, -0.2) is 8.78 Å². The Balaban J connectivity index is 2.93. The molecule has 0 heterocycles. The van der Waals surface area contributed by atoms with E-state index in [9.17, 15) is 18.4 Å². The molecule has 0 bridgehead atoms. The zero-order valence-corrected chi connectivity index (χ0v) is 8.93. The number of nitrogens with one attached hydrogen (secondary N) is 1. The lowest BCUT2D eigenvalue weighted by Crippen LogP contribution is -2.17. The van der Waals surface area contributed by atoms with Gasteiger partial charge in [-0.1, -0.05) is 6.07 Å². The highest BCUT2D eigenvalue weighted by Crippen LogP contribution is 2.21. The molecule has 0 aromatic heterocycles. The maximum absolute atomic E-state index is 13.4. The minimum atomic E-state index is -0.861. The summed E-state index contributed by atoms with van der Waals surface area (Å²) in [6.45, 7) is 2.68. The Morgan fingerprint density at radius 1 is 1.31 bits per heavy atom. The van der Waals surface area contributed by atoms with Crippen LogP contribution in [0.2, 0.25) is 0 Å². The number of carbonyl (C=O) groups excluding carboxylic acids is 2. The van der Waals surface area contributed by atoms with E-state index in [2.05, 4.69) is 0 Å². The zero-order valence-electron chi connectivity index (χ0n) is 8.93. The number of ketones is 1. The van der Waals surface area contributed by atoms with Crippen LogP contribution in [0, 0.1) is 18.6 Å². The van der Waals surface area contributed by atoms with Crippen molar-refractivity contribution in [3.05, 3.63) is 29.3 Å². The van der Waals surface area contributed by atoms with Crippen molar-refractivity contribution in [3.63, 3.8) is 0 Å². The van der Waals surface area contributed by atoms with E-state index in [1.807, 2.05) is 5.32 Å².